The van der Waals surface area contributed by atoms with Crippen LogP contribution in [0.25, 0.3) is 0 Å². The van der Waals surface area contributed by atoms with Crippen LogP contribution in [0.5, 0.6) is 0 Å². The number of amides is 3. The van der Waals surface area contributed by atoms with Crippen LogP contribution >= 0.6 is 35.6 Å². The summed E-state index contributed by atoms with van der Waals surface area (Å²) in [6.45, 7) is 0. The van der Waals surface area contributed by atoms with E-state index in [9.17, 15) is 14.4 Å². The van der Waals surface area contributed by atoms with Gasteiger partial charge in [-0.2, -0.15) is 0 Å². The van der Waals surface area contributed by atoms with Gasteiger partial charge in [0.2, 0.25) is 0 Å². The van der Waals surface area contributed by atoms with Gasteiger partial charge in [-0.05, 0) is 30.6 Å². The van der Waals surface area contributed by atoms with Crippen LogP contribution in [0, 0.1) is 0 Å². The zero-order valence-electron chi connectivity index (χ0n) is 13.4. The van der Waals surface area contributed by atoms with Gasteiger partial charge in [-0.15, -0.1) is 11.8 Å². The molecule has 0 saturated heterocycles. The number of thiocarbonyl (C=S) groups is 1. The summed E-state index contributed by atoms with van der Waals surface area (Å²) in [7, 11) is 0. The number of hydrogen-bond acceptors (Lipinski definition) is 5. The number of thioether (sulfide) groups is 1. The van der Waals surface area contributed by atoms with E-state index in [-0.39, 0.29) is 32.6 Å². The molecule has 2 rings (SSSR count). The number of rotatable bonds is 5. The van der Waals surface area contributed by atoms with E-state index in [1.54, 1.807) is 24.5 Å². The number of nitrogens with one attached hydrogen (secondary N) is 3. The van der Waals surface area contributed by atoms with E-state index in [1.165, 1.54) is 6.07 Å². The van der Waals surface area contributed by atoms with Crippen LogP contribution in [-0.2, 0) is 0 Å². The monoisotopic (exact) mass is 411 g/mol. The van der Waals surface area contributed by atoms with Gasteiger partial charge in [-0.1, -0.05) is 23.7 Å². The number of carbonyl (C=O) groups is 3. The molecule has 0 aliphatic rings. The van der Waals surface area contributed by atoms with Crippen LogP contribution in [-0.4, -0.2) is 34.1 Å². The zero-order chi connectivity index (χ0) is 19.4. The van der Waals surface area contributed by atoms with Crippen LogP contribution in [0.4, 0.5) is 5.82 Å². The molecule has 0 unspecified atom stereocenters. The number of hydrogen-bond donors (Lipinski definition) is 5. The van der Waals surface area contributed by atoms with Gasteiger partial charge in [0, 0.05) is 0 Å². The van der Waals surface area contributed by atoms with E-state index in [0.29, 0.717) is 5.03 Å². The van der Waals surface area contributed by atoms with E-state index in [0.717, 1.165) is 11.8 Å². The largest absolute Gasteiger partial charge is 0.365 e. The van der Waals surface area contributed by atoms with Gasteiger partial charge in [0.05, 0.1) is 26.7 Å². The maximum atomic E-state index is 12.2. The summed E-state index contributed by atoms with van der Waals surface area (Å²) in [5.41, 5.74) is 10.7. The fourth-order valence-corrected chi connectivity index (χ4v) is 3.19. The lowest BCUT2D eigenvalue weighted by molar-refractivity contribution is 0.0966. The molecule has 11 heteroatoms. The molecular weight excluding hydrogens is 398 g/mol. The van der Waals surface area contributed by atoms with Crippen molar-refractivity contribution in [2.45, 2.75) is 5.03 Å². The summed E-state index contributed by atoms with van der Waals surface area (Å²) in [6, 6.07) is 6.42. The quantitative estimate of drug-likeness (QED) is 0.374. The van der Waals surface area contributed by atoms with Crippen molar-refractivity contribution in [3.8, 4) is 0 Å². The minimum absolute atomic E-state index is 0.0484. The molecule has 1 heterocycles. The van der Waals surface area contributed by atoms with Crippen LogP contribution in [0.1, 0.15) is 31.1 Å². The van der Waals surface area contributed by atoms with Crippen molar-refractivity contribution in [3.63, 3.8) is 0 Å². The van der Waals surface area contributed by atoms with E-state index < -0.39 is 17.7 Å². The second-order valence-corrected chi connectivity index (χ2v) is 6.53. The average Bonchev–Trinajstić information content (AvgIpc) is 2.93. The second kappa shape index (κ2) is 8.21. The third-order valence-corrected chi connectivity index (χ3v) is 4.49. The first-order valence-corrected chi connectivity index (χ1v) is 9.03. The first-order valence-electron chi connectivity index (χ1n) is 7.02. The molecule has 0 aliphatic carbocycles. The fraction of sp³-hybridized carbons (Fsp3) is 0.0667. The highest BCUT2D eigenvalue weighted by molar-refractivity contribution is 7.98. The van der Waals surface area contributed by atoms with Crippen molar-refractivity contribution < 1.29 is 14.4 Å². The summed E-state index contributed by atoms with van der Waals surface area (Å²) in [5, 5.41) is 5.54. The number of H-pyrrole nitrogens is 1. The first kappa shape index (κ1) is 19.8. The van der Waals surface area contributed by atoms with Gasteiger partial charge >= 0.3 is 0 Å². The van der Waals surface area contributed by atoms with Crippen LogP contribution < -0.4 is 22.1 Å². The molecule has 2 aromatic rings. The van der Waals surface area contributed by atoms with E-state index in [1.807, 2.05) is 0 Å². The molecule has 0 bridgehead atoms. The molecule has 0 spiro atoms. The molecule has 0 atom stereocenters. The van der Waals surface area contributed by atoms with E-state index in [2.05, 4.69) is 15.6 Å². The molecule has 0 fully saturated rings. The Morgan fingerprint density at radius 2 is 1.77 bits per heavy atom. The highest BCUT2D eigenvalue weighted by atomic mass is 35.5. The topological polar surface area (TPSA) is 143 Å². The number of primary amides is 2. The Labute approximate surface area is 163 Å². The predicted molar refractivity (Wildman–Crippen MR) is 105 cm³/mol. The van der Waals surface area contributed by atoms with Crippen LogP contribution in [0.3, 0.4) is 0 Å². The fourth-order valence-electron chi connectivity index (χ4n) is 2.17. The highest BCUT2D eigenvalue weighted by Gasteiger charge is 2.25. The normalized spacial score (nSPS) is 10.2. The van der Waals surface area contributed by atoms with Gasteiger partial charge in [0.25, 0.3) is 17.7 Å². The molecule has 7 N–H and O–H groups in total. The average molecular weight is 412 g/mol. The zero-order valence-corrected chi connectivity index (χ0v) is 15.8. The lowest BCUT2D eigenvalue weighted by Crippen LogP contribution is -2.35. The molecular formula is C15H14ClN5O3S2. The molecule has 0 radical (unpaired) electrons. The van der Waals surface area contributed by atoms with Crippen molar-refractivity contribution in [1.29, 1.82) is 0 Å². The van der Waals surface area contributed by atoms with E-state index >= 15 is 0 Å². The Kier molecular flexibility index (Phi) is 6.24. The summed E-state index contributed by atoms with van der Waals surface area (Å²) in [6.07, 6.45) is 1.68. The first-order chi connectivity index (χ1) is 12.3. The Morgan fingerprint density at radius 1 is 1.15 bits per heavy atom. The molecule has 1 aromatic heterocycles. The van der Waals surface area contributed by atoms with Gasteiger partial charge in [0.15, 0.2) is 5.11 Å². The highest BCUT2D eigenvalue weighted by Crippen LogP contribution is 2.29. The number of carbonyl (C=O) groups excluding carboxylic acids is 3. The minimum Gasteiger partial charge on any atom is -0.365 e. The Bertz CT molecular complexity index is 913. The van der Waals surface area contributed by atoms with Crippen molar-refractivity contribution >= 4 is 64.2 Å². The van der Waals surface area contributed by atoms with Crippen molar-refractivity contribution in [2.24, 2.45) is 11.5 Å². The number of anilines is 1. The van der Waals surface area contributed by atoms with Gasteiger partial charge in [0.1, 0.15) is 5.82 Å². The number of halogens is 1. The third-order valence-electron chi connectivity index (χ3n) is 3.25. The minimum atomic E-state index is -0.877. The molecule has 0 saturated carbocycles. The summed E-state index contributed by atoms with van der Waals surface area (Å²) >= 11 is 12.2. The molecule has 3 amide bonds. The predicted octanol–water partition coefficient (Wildman–Crippen LogP) is 1.71. The summed E-state index contributed by atoms with van der Waals surface area (Å²) < 4.78 is 0. The van der Waals surface area contributed by atoms with Crippen molar-refractivity contribution in [3.05, 3.63) is 46.0 Å². The standard InChI is InChI=1S/C15H14ClN5O3S2/c1-26-14-9(11(18)23)8(10(17)22)12(19-14)20-15(25)21-13(24)6-4-2-3-5-7(6)16/h2-5,19H,1H3,(H2,17,22)(H2,18,23)(H2,20,21,24,25). The number of aromatic nitrogens is 1. The van der Waals surface area contributed by atoms with Crippen molar-refractivity contribution in [2.75, 3.05) is 11.6 Å². The molecule has 1 aromatic carbocycles. The SMILES string of the molecule is CSc1[nH]c(NC(=S)NC(=O)c2ccccc2Cl)c(C(N)=O)c1C(N)=O. The Balaban J connectivity index is 2.27. The molecule has 26 heavy (non-hydrogen) atoms. The number of aromatic amines is 1. The third kappa shape index (κ3) is 4.15. The van der Waals surface area contributed by atoms with Gasteiger partial charge in [-0.25, -0.2) is 0 Å². The van der Waals surface area contributed by atoms with Gasteiger partial charge < -0.3 is 21.8 Å². The molecule has 0 aliphatic heterocycles. The smallest absolute Gasteiger partial charge is 0.258 e. The number of nitrogens with two attached hydrogens (primary N) is 2. The Hall–Kier alpha value is -2.56. The van der Waals surface area contributed by atoms with Crippen molar-refractivity contribution in [1.82, 2.24) is 10.3 Å². The summed E-state index contributed by atoms with van der Waals surface area (Å²) in [5.74, 6) is -2.18. The lowest BCUT2D eigenvalue weighted by Gasteiger charge is -2.10. The summed E-state index contributed by atoms with van der Waals surface area (Å²) in [4.78, 5) is 38.4. The van der Waals surface area contributed by atoms with Gasteiger partial charge in [-0.3, -0.25) is 19.7 Å². The van der Waals surface area contributed by atoms with E-state index in [4.69, 9.17) is 35.3 Å². The maximum Gasteiger partial charge on any atom is 0.258 e. The Morgan fingerprint density at radius 3 is 2.31 bits per heavy atom. The maximum absolute atomic E-state index is 12.2. The molecule has 136 valence electrons. The second-order valence-electron chi connectivity index (χ2n) is 4.90. The van der Waals surface area contributed by atoms with Crippen LogP contribution in [0.15, 0.2) is 29.3 Å². The van der Waals surface area contributed by atoms with Crippen LogP contribution in [0.2, 0.25) is 5.02 Å². The lowest BCUT2D eigenvalue weighted by atomic mass is 10.1. The number of benzene rings is 1. The molecule has 8 nitrogen and oxygen atoms in total.